The molecule has 1 aliphatic rings. The topological polar surface area (TPSA) is 70.1 Å². The molecule has 1 amide bonds. The zero-order valence-electron chi connectivity index (χ0n) is 16.2. The summed E-state index contributed by atoms with van der Waals surface area (Å²) in [5.41, 5.74) is 4.21. The van der Waals surface area contributed by atoms with Crippen LogP contribution in [0.15, 0.2) is 18.2 Å². The van der Waals surface area contributed by atoms with Crippen molar-refractivity contribution in [3.8, 4) is 11.3 Å². The number of hydrogen-bond acceptors (Lipinski definition) is 5. The van der Waals surface area contributed by atoms with Crippen molar-refractivity contribution < 1.29 is 4.79 Å². The Labute approximate surface area is 172 Å². The van der Waals surface area contributed by atoms with Crippen molar-refractivity contribution in [2.75, 3.05) is 26.2 Å². The fraction of sp³-hybridized carbons (Fsp3) is 0.421. The van der Waals surface area contributed by atoms with Gasteiger partial charge in [-0.25, -0.2) is 0 Å². The second kappa shape index (κ2) is 7.69. The third kappa shape index (κ3) is 3.72. The minimum atomic E-state index is -0.00300. The van der Waals surface area contributed by atoms with Gasteiger partial charge < -0.3 is 4.90 Å². The first-order chi connectivity index (χ1) is 13.4. The Morgan fingerprint density at radius 1 is 1.25 bits per heavy atom. The standard InChI is InChI=1S/C19H23ClN6OS/c1-12-18(13(2)24(3)23-12)15-10-16(22-21-15)19(27)26-8-6-25(7-9-26)11-14-4-5-17(20)28-14/h4-5,10H,6-9,11H2,1-3H3,(H,21,22). The molecule has 0 saturated carbocycles. The summed E-state index contributed by atoms with van der Waals surface area (Å²) in [5.74, 6) is -0.00300. The van der Waals surface area contributed by atoms with Crippen LogP contribution in [0.1, 0.15) is 26.8 Å². The highest BCUT2D eigenvalue weighted by Crippen LogP contribution is 2.26. The number of aromatic amines is 1. The number of carbonyl (C=O) groups is 1. The first-order valence-electron chi connectivity index (χ1n) is 9.24. The maximum atomic E-state index is 12.9. The van der Waals surface area contributed by atoms with Crippen LogP contribution in [0.5, 0.6) is 0 Å². The predicted octanol–water partition coefficient (Wildman–Crippen LogP) is 3.10. The molecule has 1 N–H and O–H groups in total. The van der Waals surface area contributed by atoms with Crippen molar-refractivity contribution in [2.45, 2.75) is 20.4 Å². The van der Waals surface area contributed by atoms with E-state index in [9.17, 15) is 4.79 Å². The zero-order chi connectivity index (χ0) is 19.8. The number of aryl methyl sites for hydroxylation is 2. The number of hydrogen-bond donors (Lipinski definition) is 1. The Morgan fingerprint density at radius 2 is 2.00 bits per heavy atom. The van der Waals surface area contributed by atoms with Crippen LogP contribution in [-0.2, 0) is 13.6 Å². The van der Waals surface area contributed by atoms with Crippen LogP contribution in [-0.4, -0.2) is 61.9 Å². The second-order valence-electron chi connectivity index (χ2n) is 7.11. The molecule has 4 rings (SSSR count). The lowest BCUT2D eigenvalue weighted by Crippen LogP contribution is -2.48. The molecule has 0 aromatic carbocycles. The fourth-order valence-corrected chi connectivity index (χ4v) is 4.77. The van der Waals surface area contributed by atoms with Gasteiger partial charge in [0.15, 0.2) is 0 Å². The maximum absolute atomic E-state index is 12.9. The lowest BCUT2D eigenvalue weighted by molar-refractivity contribution is 0.0624. The normalized spacial score (nSPS) is 15.4. The summed E-state index contributed by atoms with van der Waals surface area (Å²) >= 11 is 7.62. The van der Waals surface area contributed by atoms with Crippen LogP contribution in [0.4, 0.5) is 0 Å². The van der Waals surface area contributed by atoms with Gasteiger partial charge >= 0.3 is 0 Å². The quantitative estimate of drug-likeness (QED) is 0.706. The van der Waals surface area contributed by atoms with Crippen molar-refractivity contribution >= 4 is 28.8 Å². The Kier molecular flexibility index (Phi) is 5.27. The van der Waals surface area contributed by atoms with Crippen LogP contribution < -0.4 is 0 Å². The van der Waals surface area contributed by atoms with E-state index >= 15 is 0 Å². The molecule has 1 fully saturated rings. The molecule has 1 aliphatic heterocycles. The highest BCUT2D eigenvalue weighted by molar-refractivity contribution is 7.16. The summed E-state index contributed by atoms with van der Waals surface area (Å²) in [6, 6.07) is 5.83. The Bertz CT molecular complexity index is 998. The number of thiophene rings is 1. The summed E-state index contributed by atoms with van der Waals surface area (Å²) in [4.78, 5) is 18.4. The van der Waals surface area contributed by atoms with Gasteiger partial charge in [-0.05, 0) is 32.0 Å². The smallest absolute Gasteiger partial charge is 0.271 e. The van der Waals surface area contributed by atoms with Crippen LogP contribution in [0.2, 0.25) is 4.34 Å². The van der Waals surface area contributed by atoms with E-state index in [0.29, 0.717) is 18.8 Å². The van der Waals surface area contributed by atoms with Crippen molar-refractivity contribution in [3.63, 3.8) is 0 Å². The average Bonchev–Trinajstić information content (AvgIpc) is 3.36. The molecule has 3 aromatic rings. The average molecular weight is 419 g/mol. The number of carbonyl (C=O) groups excluding carboxylic acids is 1. The summed E-state index contributed by atoms with van der Waals surface area (Å²) in [6.45, 7) is 7.96. The van der Waals surface area contributed by atoms with E-state index in [0.717, 1.165) is 46.6 Å². The van der Waals surface area contributed by atoms with E-state index in [2.05, 4.69) is 26.3 Å². The SMILES string of the molecule is Cc1nn(C)c(C)c1-c1cc(C(=O)N2CCN(Cc3ccc(Cl)s3)CC2)[nH]n1. The molecule has 7 nitrogen and oxygen atoms in total. The molecule has 1 saturated heterocycles. The van der Waals surface area contributed by atoms with Crippen LogP contribution >= 0.6 is 22.9 Å². The first kappa shape index (κ1) is 19.2. The van der Waals surface area contributed by atoms with Gasteiger partial charge in [0, 0.05) is 55.9 Å². The summed E-state index contributed by atoms with van der Waals surface area (Å²) in [6.07, 6.45) is 0. The van der Waals surface area contributed by atoms with Gasteiger partial charge in [0.1, 0.15) is 5.69 Å². The molecule has 0 atom stereocenters. The molecule has 9 heteroatoms. The van der Waals surface area contributed by atoms with Gasteiger partial charge in [-0.15, -0.1) is 11.3 Å². The van der Waals surface area contributed by atoms with E-state index in [1.165, 1.54) is 4.88 Å². The van der Waals surface area contributed by atoms with E-state index in [1.54, 1.807) is 11.3 Å². The lowest BCUT2D eigenvalue weighted by Gasteiger charge is -2.34. The van der Waals surface area contributed by atoms with Gasteiger partial charge in [0.2, 0.25) is 0 Å². The van der Waals surface area contributed by atoms with Gasteiger partial charge in [0.05, 0.1) is 15.7 Å². The molecule has 0 unspecified atom stereocenters. The third-order valence-corrected chi connectivity index (χ3v) is 6.46. The Morgan fingerprint density at radius 3 is 2.61 bits per heavy atom. The number of aromatic nitrogens is 4. The van der Waals surface area contributed by atoms with E-state index in [1.807, 2.05) is 42.6 Å². The van der Waals surface area contributed by atoms with Gasteiger partial charge in [-0.3, -0.25) is 19.5 Å². The summed E-state index contributed by atoms with van der Waals surface area (Å²) in [7, 11) is 1.91. The molecule has 148 valence electrons. The molecule has 3 aromatic heterocycles. The Hall–Kier alpha value is -2.16. The highest BCUT2D eigenvalue weighted by Gasteiger charge is 2.25. The molecule has 0 aliphatic carbocycles. The monoisotopic (exact) mass is 418 g/mol. The van der Waals surface area contributed by atoms with Crippen molar-refractivity contribution in [2.24, 2.45) is 7.05 Å². The summed E-state index contributed by atoms with van der Waals surface area (Å²) in [5, 5.41) is 11.7. The van der Waals surface area contributed by atoms with Crippen molar-refractivity contribution in [3.05, 3.63) is 44.5 Å². The zero-order valence-corrected chi connectivity index (χ0v) is 17.8. The van der Waals surface area contributed by atoms with E-state index < -0.39 is 0 Å². The first-order valence-corrected chi connectivity index (χ1v) is 10.4. The molecule has 28 heavy (non-hydrogen) atoms. The predicted molar refractivity (Wildman–Crippen MR) is 111 cm³/mol. The minimum absolute atomic E-state index is 0.00300. The van der Waals surface area contributed by atoms with Gasteiger partial charge in [0.25, 0.3) is 5.91 Å². The number of piperazine rings is 1. The van der Waals surface area contributed by atoms with Gasteiger partial charge in [-0.1, -0.05) is 11.6 Å². The number of amides is 1. The number of H-pyrrole nitrogens is 1. The molecule has 0 radical (unpaired) electrons. The number of nitrogens with one attached hydrogen (secondary N) is 1. The maximum Gasteiger partial charge on any atom is 0.271 e. The van der Waals surface area contributed by atoms with Crippen molar-refractivity contribution in [1.29, 1.82) is 0 Å². The van der Waals surface area contributed by atoms with Crippen LogP contribution in [0.25, 0.3) is 11.3 Å². The minimum Gasteiger partial charge on any atom is -0.335 e. The third-order valence-electron chi connectivity index (χ3n) is 5.24. The van der Waals surface area contributed by atoms with Gasteiger partial charge in [-0.2, -0.15) is 10.2 Å². The lowest BCUT2D eigenvalue weighted by atomic mass is 10.1. The highest BCUT2D eigenvalue weighted by atomic mass is 35.5. The second-order valence-corrected chi connectivity index (χ2v) is 8.91. The van der Waals surface area contributed by atoms with E-state index in [-0.39, 0.29) is 5.91 Å². The van der Waals surface area contributed by atoms with Crippen LogP contribution in [0, 0.1) is 13.8 Å². The van der Waals surface area contributed by atoms with Crippen LogP contribution in [0.3, 0.4) is 0 Å². The number of rotatable bonds is 4. The Balaban J connectivity index is 1.40. The molecular formula is C19H23ClN6OS. The summed E-state index contributed by atoms with van der Waals surface area (Å²) < 4.78 is 2.65. The molecule has 0 spiro atoms. The fourth-order valence-electron chi connectivity index (χ4n) is 3.64. The van der Waals surface area contributed by atoms with Crippen molar-refractivity contribution in [1.82, 2.24) is 29.8 Å². The molecular weight excluding hydrogens is 396 g/mol. The largest absolute Gasteiger partial charge is 0.335 e. The molecule has 0 bridgehead atoms. The van der Waals surface area contributed by atoms with E-state index in [4.69, 9.17) is 11.6 Å². The number of halogens is 1. The molecule has 4 heterocycles. The number of nitrogens with zero attached hydrogens (tertiary/aromatic N) is 5.